The normalized spacial score (nSPS) is 16.2. The number of nitrogens with one attached hydrogen (secondary N) is 2. The van der Waals surface area contributed by atoms with Gasteiger partial charge in [-0.25, -0.2) is 4.79 Å². The lowest BCUT2D eigenvalue weighted by Crippen LogP contribution is -2.44. The molecule has 1 aromatic heterocycles. The van der Waals surface area contributed by atoms with Gasteiger partial charge in [-0.05, 0) is 58.2 Å². The number of nitrogens with zero attached hydrogens (tertiary/aromatic N) is 2. The topological polar surface area (TPSA) is 106 Å². The van der Waals surface area contributed by atoms with Crippen molar-refractivity contribution in [3.05, 3.63) is 29.0 Å². The van der Waals surface area contributed by atoms with Gasteiger partial charge in [-0.2, -0.15) is 4.98 Å². The minimum Gasteiger partial charge on any atom is -0.334 e. The van der Waals surface area contributed by atoms with Crippen LogP contribution in [-0.2, 0) is 5.54 Å². The third-order valence-corrected chi connectivity index (χ3v) is 4.39. The van der Waals surface area contributed by atoms with Crippen LogP contribution in [0.15, 0.2) is 22.7 Å². The molecule has 4 N–H and O–H groups in total. The van der Waals surface area contributed by atoms with Crippen LogP contribution < -0.4 is 16.4 Å². The minimum atomic E-state index is -0.503. The number of hydrogen-bond acceptors (Lipinski definition) is 5. The average molecular weight is 364 g/mol. The van der Waals surface area contributed by atoms with E-state index in [1.807, 2.05) is 20.8 Å². The number of aromatic nitrogens is 2. The lowest BCUT2D eigenvalue weighted by atomic mass is 9.77. The van der Waals surface area contributed by atoms with Gasteiger partial charge >= 0.3 is 6.03 Å². The third kappa shape index (κ3) is 3.93. The molecule has 2 aromatic rings. The second-order valence-corrected chi connectivity index (χ2v) is 7.86. The van der Waals surface area contributed by atoms with Crippen molar-refractivity contribution in [1.29, 1.82) is 0 Å². The summed E-state index contributed by atoms with van der Waals surface area (Å²) in [5.74, 6) is 0.783. The first-order valence-electron chi connectivity index (χ1n) is 8.18. The van der Waals surface area contributed by atoms with Crippen LogP contribution in [0.25, 0.3) is 11.5 Å². The largest absolute Gasteiger partial charge is 0.334 e. The Labute approximate surface area is 151 Å². The number of urea groups is 1. The fourth-order valence-electron chi connectivity index (χ4n) is 2.59. The highest BCUT2D eigenvalue weighted by atomic mass is 35.5. The van der Waals surface area contributed by atoms with E-state index in [9.17, 15) is 4.79 Å². The summed E-state index contributed by atoms with van der Waals surface area (Å²) >= 11 is 6.26. The van der Waals surface area contributed by atoms with E-state index >= 15 is 0 Å². The maximum Gasteiger partial charge on any atom is 0.319 e. The molecule has 25 heavy (non-hydrogen) atoms. The second-order valence-electron chi connectivity index (χ2n) is 7.46. The Balaban J connectivity index is 1.81. The third-order valence-electron chi connectivity index (χ3n) is 4.06. The number of carbonyl (C=O) groups excluding carboxylic acids is 1. The van der Waals surface area contributed by atoms with Crippen molar-refractivity contribution in [1.82, 2.24) is 15.5 Å². The fraction of sp³-hybridized carbons (Fsp3) is 0.471. The summed E-state index contributed by atoms with van der Waals surface area (Å²) in [5, 5.41) is 10.1. The van der Waals surface area contributed by atoms with Crippen molar-refractivity contribution in [3.63, 3.8) is 0 Å². The van der Waals surface area contributed by atoms with Crippen LogP contribution in [0.3, 0.4) is 0 Å². The van der Waals surface area contributed by atoms with Crippen molar-refractivity contribution in [2.75, 3.05) is 5.32 Å². The second kappa shape index (κ2) is 6.31. The quantitative estimate of drug-likeness (QED) is 0.771. The molecule has 0 bridgehead atoms. The Bertz CT molecular complexity index is 793. The summed E-state index contributed by atoms with van der Waals surface area (Å²) in [4.78, 5) is 16.4. The molecule has 0 spiro atoms. The molecule has 8 heteroatoms. The van der Waals surface area contributed by atoms with Crippen LogP contribution in [0.1, 0.15) is 45.9 Å². The Morgan fingerprint density at radius 1 is 1.36 bits per heavy atom. The summed E-state index contributed by atoms with van der Waals surface area (Å²) in [7, 11) is 0. The van der Waals surface area contributed by atoms with E-state index in [0.29, 0.717) is 22.1 Å². The van der Waals surface area contributed by atoms with Gasteiger partial charge in [0, 0.05) is 11.2 Å². The predicted molar refractivity (Wildman–Crippen MR) is 96.4 cm³/mol. The predicted octanol–water partition coefficient (Wildman–Crippen LogP) is 3.65. The number of rotatable bonds is 3. The molecule has 0 saturated heterocycles. The molecular formula is C17H22ClN5O2. The highest BCUT2D eigenvalue weighted by Gasteiger charge is 2.39. The van der Waals surface area contributed by atoms with E-state index in [1.165, 1.54) is 0 Å². The molecule has 134 valence electrons. The van der Waals surface area contributed by atoms with E-state index in [-0.39, 0.29) is 17.5 Å². The van der Waals surface area contributed by atoms with Crippen LogP contribution in [0.4, 0.5) is 10.5 Å². The first kappa shape index (κ1) is 17.7. The zero-order chi connectivity index (χ0) is 18.2. The van der Waals surface area contributed by atoms with Gasteiger partial charge in [-0.1, -0.05) is 16.8 Å². The van der Waals surface area contributed by atoms with Gasteiger partial charge in [0.1, 0.15) is 0 Å². The van der Waals surface area contributed by atoms with Crippen LogP contribution in [-0.4, -0.2) is 21.7 Å². The molecular weight excluding hydrogens is 342 g/mol. The van der Waals surface area contributed by atoms with E-state index in [2.05, 4.69) is 20.8 Å². The van der Waals surface area contributed by atoms with E-state index in [4.69, 9.17) is 21.9 Å². The minimum absolute atomic E-state index is 0.289. The number of amides is 2. The molecule has 0 aliphatic heterocycles. The molecule has 1 aliphatic carbocycles. The van der Waals surface area contributed by atoms with E-state index < -0.39 is 5.54 Å². The molecule has 0 radical (unpaired) electrons. The molecule has 1 fully saturated rings. The van der Waals surface area contributed by atoms with E-state index in [1.54, 1.807) is 18.2 Å². The number of halogens is 1. The maximum atomic E-state index is 12.0. The van der Waals surface area contributed by atoms with E-state index in [0.717, 1.165) is 19.3 Å². The Morgan fingerprint density at radius 3 is 2.68 bits per heavy atom. The number of carbonyl (C=O) groups is 1. The molecule has 7 nitrogen and oxygen atoms in total. The highest BCUT2D eigenvalue weighted by Crippen LogP contribution is 2.38. The maximum absolute atomic E-state index is 12.0. The van der Waals surface area contributed by atoms with Crippen LogP contribution >= 0.6 is 11.6 Å². The Kier molecular flexibility index (Phi) is 4.47. The summed E-state index contributed by atoms with van der Waals surface area (Å²) in [5.41, 5.74) is 6.52. The fourth-order valence-corrected chi connectivity index (χ4v) is 2.78. The van der Waals surface area contributed by atoms with Gasteiger partial charge in [0.25, 0.3) is 5.89 Å². The SMILES string of the molecule is CC(C)(C)NC(=O)Nc1ccc(Cl)c(-c2nc(C3(N)CCC3)no2)c1. The van der Waals surface area contributed by atoms with Gasteiger partial charge in [0.05, 0.1) is 16.1 Å². The van der Waals surface area contributed by atoms with Gasteiger partial charge < -0.3 is 20.9 Å². The van der Waals surface area contributed by atoms with Crippen molar-refractivity contribution in [2.45, 2.75) is 51.1 Å². The lowest BCUT2D eigenvalue weighted by Gasteiger charge is -2.34. The molecule has 0 unspecified atom stereocenters. The molecule has 1 aliphatic rings. The van der Waals surface area contributed by atoms with Crippen molar-refractivity contribution in [2.24, 2.45) is 5.73 Å². The first-order chi connectivity index (χ1) is 11.7. The molecule has 2 amide bonds. The molecule has 3 rings (SSSR count). The summed E-state index contributed by atoms with van der Waals surface area (Å²) < 4.78 is 5.34. The number of nitrogens with two attached hydrogens (primary N) is 1. The molecule has 1 aromatic carbocycles. The molecule has 1 heterocycles. The van der Waals surface area contributed by atoms with Crippen molar-refractivity contribution in [3.8, 4) is 11.5 Å². The zero-order valence-electron chi connectivity index (χ0n) is 14.5. The highest BCUT2D eigenvalue weighted by molar-refractivity contribution is 6.33. The zero-order valence-corrected chi connectivity index (χ0v) is 15.3. The number of hydrogen-bond donors (Lipinski definition) is 3. The Morgan fingerprint density at radius 2 is 2.08 bits per heavy atom. The summed E-state index contributed by atoms with van der Waals surface area (Å²) in [6, 6.07) is 4.78. The van der Waals surface area contributed by atoms with Gasteiger partial charge in [0.15, 0.2) is 5.82 Å². The van der Waals surface area contributed by atoms with Crippen LogP contribution in [0.5, 0.6) is 0 Å². The lowest BCUT2D eigenvalue weighted by molar-refractivity contribution is 0.229. The smallest absolute Gasteiger partial charge is 0.319 e. The van der Waals surface area contributed by atoms with Gasteiger partial charge in [0.2, 0.25) is 0 Å². The Hall–Kier alpha value is -2.12. The van der Waals surface area contributed by atoms with Crippen molar-refractivity contribution < 1.29 is 9.32 Å². The van der Waals surface area contributed by atoms with Gasteiger partial charge in [-0.15, -0.1) is 0 Å². The average Bonchev–Trinajstić information content (AvgIpc) is 2.94. The standard InChI is InChI=1S/C17H22ClN5O2/c1-16(2,3)22-15(24)20-10-5-6-12(18)11(9-10)13-21-14(23-25-13)17(19)7-4-8-17/h5-6,9H,4,7-8,19H2,1-3H3,(H2,20,22,24). The van der Waals surface area contributed by atoms with Crippen molar-refractivity contribution >= 4 is 23.3 Å². The monoisotopic (exact) mass is 363 g/mol. The molecule has 1 saturated carbocycles. The summed E-state index contributed by atoms with van der Waals surface area (Å²) in [6.07, 6.45) is 2.74. The summed E-state index contributed by atoms with van der Waals surface area (Å²) in [6.45, 7) is 5.72. The van der Waals surface area contributed by atoms with Gasteiger partial charge in [-0.3, -0.25) is 0 Å². The molecule has 0 atom stereocenters. The first-order valence-corrected chi connectivity index (χ1v) is 8.56. The van der Waals surface area contributed by atoms with Crippen LogP contribution in [0, 0.1) is 0 Å². The number of benzene rings is 1. The van der Waals surface area contributed by atoms with Crippen LogP contribution in [0.2, 0.25) is 5.02 Å². The number of anilines is 1.